The monoisotopic (exact) mass is 442 g/mol. The zero-order valence-corrected chi connectivity index (χ0v) is 18.9. The quantitative estimate of drug-likeness (QED) is 0.439. The lowest BCUT2D eigenvalue weighted by Crippen LogP contribution is -2.50. The zero-order chi connectivity index (χ0) is 23.8. The minimum atomic E-state index is -0.948. The fraction of sp³-hybridized carbons (Fsp3) is 0.348. The van der Waals surface area contributed by atoms with Crippen LogP contribution in [0.1, 0.15) is 32.8 Å². The number of aryl methyl sites for hydroxylation is 1. The highest BCUT2D eigenvalue weighted by Crippen LogP contribution is 2.32. The number of hydrogen-bond acceptors (Lipinski definition) is 5. The number of rotatable bonds is 9. The fourth-order valence-corrected chi connectivity index (χ4v) is 3.51. The molecule has 0 fully saturated rings. The van der Waals surface area contributed by atoms with Crippen LogP contribution in [0, 0.1) is 6.92 Å². The predicted octanol–water partition coefficient (Wildman–Crippen LogP) is 3.80. The summed E-state index contributed by atoms with van der Waals surface area (Å²) in [5.74, 6) is -0.788. The number of methoxy groups -OCH3 is 1. The average molecular weight is 443 g/mol. The molecule has 9 nitrogen and oxygen atoms in total. The van der Waals surface area contributed by atoms with E-state index >= 15 is 0 Å². The molecule has 0 aromatic heterocycles. The first-order valence-electron chi connectivity index (χ1n) is 10.2. The second kappa shape index (κ2) is 11.0. The van der Waals surface area contributed by atoms with E-state index in [4.69, 9.17) is 4.74 Å². The first-order chi connectivity index (χ1) is 15.1. The van der Waals surface area contributed by atoms with E-state index in [2.05, 4.69) is 16.0 Å². The maximum absolute atomic E-state index is 12.5. The van der Waals surface area contributed by atoms with Gasteiger partial charge in [0.25, 0.3) is 0 Å². The van der Waals surface area contributed by atoms with Crippen molar-refractivity contribution in [3.63, 3.8) is 0 Å². The topological polar surface area (TPSA) is 120 Å². The largest absolute Gasteiger partial charge is 0.494 e. The van der Waals surface area contributed by atoms with Gasteiger partial charge in [-0.25, -0.2) is 4.79 Å². The molecule has 2 rings (SSSR count). The number of carboxylic acids is 1. The van der Waals surface area contributed by atoms with Gasteiger partial charge in [0, 0.05) is 30.4 Å². The van der Waals surface area contributed by atoms with Crippen LogP contribution in [0.3, 0.4) is 0 Å². The first-order valence-corrected chi connectivity index (χ1v) is 10.2. The standard InChI is InChI=1S/C23H30N4O5/c1-14-8-6-7-9-19(14)25-23(31)26-20-11-10-18(13-21(20)32-5)27(15(2)12-22(29)30)16(3)24-17(4)28/h6-11,13,15-16H,12H2,1-5H3,(H,24,28)(H,29,30)(H2,25,26,31). The Morgan fingerprint density at radius 1 is 1.06 bits per heavy atom. The van der Waals surface area contributed by atoms with Gasteiger partial charge in [-0.1, -0.05) is 18.2 Å². The van der Waals surface area contributed by atoms with Crippen LogP contribution in [0.15, 0.2) is 42.5 Å². The normalized spacial score (nSPS) is 12.3. The molecule has 32 heavy (non-hydrogen) atoms. The molecule has 3 amide bonds. The number of amides is 3. The third-order valence-corrected chi connectivity index (χ3v) is 4.90. The van der Waals surface area contributed by atoms with E-state index in [9.17, 15) is 19.5 Å². The Morgan fingerprint density at radius 3 is 2.31 bits per heavy atom. The number of ether oxygens (including phenoxy) is 1. The summed E-state index contributed by atoms with van der Waals surface area (Å²) >= 11 is 0. The van der Waals surface area contributed by atoms with Crippen LogP contribution in [-0.4, -0.2) is 42.3 Å². The Labute approximate surface area is 187 Å². The number of benzene rings is 2. The summed E-state index contributed by atoms with van der Waals surface area (Å²) < 4.78 is 5.46. The molecule has 0 radical (unpaired) electrons. The smallest absolute Gasteiger partial charge is 0.323 e. The lowest BCUT2D eigenvalue weighted by molar-refractivity contribution is -0.137. The number of nitrogens with one attached hydrogen (secondary N) is 3. The lowest BCUT2D eigenvalue weighted by atomic mass is 10.1. The molecule has 0 bridgehead atoms. The SMILES string of the molecule is COc1cc(N(C(C)CC(=O)O)C(C)NC(C)=O)ccc1NC(=O)Nc1ccccc1C. The Balaban J connectivity index is 2.28. The molecule has 0 heterocycles. The summed E-state index contributed by atoms with van der Waals surface area (Å²) in [7, 11) is 1.48. The van der Waals surface area contributed by atoms with Crippen LogP contribution in [0.4, 0.5) is 21.9 Å². The van der Waals surface area contributed by atoms with Crippen molar-refractivity contribution in [1.82, 2.24) is 5.32 Å². The van der Waals surface area contributed by atoms with Gasteiger partial charge in [0.05, 0.1) is 25.4 Å². The van der Waals surface area contributed by atoms with Crippen LogP contribution < -0.4 is 25.6 Å². The molecule has 0 saturated heterocycles. The van der Waals surface area contributed by atoms with Crippen LogP contribution >= 0.6 is 0 Å². The average Bonchev–Trinajstić information content (AvgIpc) is 2.69. The van der Waals surface area contributed by atoms with Gasteiger partial charge in [-0.2, -0.15) is 0 Å². The summed E-state index contributed by atoms with van der Waals surface area (Å²) in [5.41, 5.74) is 2.71. The molecule has 4 N–H and O–H groups in total. The molecule has 0 saturated carbocycles. The molecule has 172 valence electrons. The number of nitrogens with zero attached hydrogens (tertiary/aromatic N) is 1. The summed E-state index contributed by atoms with van der Waals surface area (Å²) in [6.07, 6.45) is -0.583. The number of aliphatic carboxylic acids is 1. The van der Waals surface area contributed by atoms with E-state index in [1.807, 2.05) is 25.1 Å². The number of anilines is 3. The molecule has 0 aliphatic heterocycles. The van der Waals surface area contributed by atoms with Gasteiger partial charge >= 0.3 is 12.0 Å². The Morgan fingerprint density at radius 2 is 1.72 bits per heavy atom. The van der Waals surface area contributed by atoms with Gasteiger partial charge in [-0.05, 0) is 44.5 Å². The van der Waals surface area contributed by atoms with Crippen molar-refractivity contribution in [1.29, 1.82) is 0 Å². The van der Waals surface area contributed by atoms with Gasteiger partial charge in [0.15, 0.2) is 0 Å². The number of urea groups is 1. The maximum atomic E-state index is 12.5. The predicted molar refractivity (Wildman–Crippen MR) is 124 cm³/mol. The van der Waals surface area contributed by atoms with Gasteiger partial charge < -0.3 is 30.7 Å². The molecule has 0 spiro atoms. The van der Waals surface area contributed by atoms with Gasteiger partial charge in [-0.3, -0.25) is 9.59 Å². The number of carboxylic acid groups (broad SMARTS) is 1. The van der Waals surface area contributed by atoms with E-state index in [-0.39, 0.29) is 12.3 Å². The molecule has 2 aromatic rings. The van der Waals surface area contributed by atoms with E-state index < -0.39 is 24.2 Å². The molecule has 2 atom stereocenters. The van der Waals surface area contributed by atoms with Gasteiger partial charge in [0.2, 0.25) is 5.91 Å². The molecule has 9 heteroatoms. The van der Waals surface area contributed by atoms with Crippen molar-refractivity contribution in [2.45, 2.75) is 46.3 Å². The number of para-hydroxylation sites is 1. The van der Waals surface area contributed by atoms with Crippen LogP contribution in [0.5, 0.6) is 5.75 Å². The summed E-state index contributed by atoms with van der Waals surface area (Å²) in [6.45, 7) is 6.83. The van der Waals surface area contributed by atoms with E-state index in [0.29, 0.717) is 22.8 Å². The third-order valence-electron chi connectivity index (χ3n) is 4.90. The fourth-order valence-electron chi connectivity index (χ4n) is 3.51. The summed E-state index contributed by atoms with van der Waals surface area (Å²) in [5, 5.41) is 17.6. The molecule has 0 aliphatic carbocycles. The van der Waals surface area contributed by atoms with E-state index in [1.54, 1.807) is 43.0 Å². The third kappa shape index (κ3) is 6.63. The molecule has 0 aliphatic rings. The molecule has 2 unspecified atom stereocenters. The second-order valence-corrected chi connectivity index (χ2v) is 7.51. The van der Waals surface area contributed by atoms with Crippen molar-refractivity contribution in [3.8, 4) is 5.75 Å². The van der Waals surface area contributed by atoms with E-state index in [1.165, 1.54) is 14.0 Å². The van der Waals surface area contributed by atoms with Crippen LogP contribution in [0.2, 0.25) is 0 Å². The molecular weight excluding hydrogens is 412 g/mol. The Hall–Kier alpha value is -3.75. The summed E-state index contributed by atoms with van der Waals surface area (Å²) in [6, 6.07) is 11.7. The summed E-state index contributed by atoms with van der Waals surface area (Å²) in [4.78, 5) is 37.1. The Kier molecular flexibility index (Phi) is 8.46. The minimum absolute atomic E-state index is 0.120. The van der Waals surface area contributed by atoms with Crippen molar-refractivity contribution in [2.75, 3.05) is 22.6 Å². The highest BCUT2D eigenvalue weighted by molar-refractivity contribution is 6.01. The maximum Gasteiger partial charge on any atom is 0.323 e. The minimum Gasteiger partial charge on any atom is -0.494 e. The number of carbonyl (C=O) groups excluding carboxylic acids is 2. The Bertz CT molecular complexity index is 957. The van der Waals surface area contributed by atoms with Crippen molar-refractivity contribution in [2.24, 2.45) is 0 Å². The van der Waals surface area contributed by atoms with Gasteiger partial charge in [0.1, 0.15) is 5.75 Å². The van der Waals surface area contributed by atoms with Crippen molar-refractivity contribution < 1.29 is 24.2 Å². The molecular formula is C23H30N4O5. The second-order valence-electron chi connectivity index (χ2n) is 7.51. The zero-order valence-electron chi connectivity index (χ0n) is 18.9. The number of hydrogen-bond donors (Lipinski definition) is 4. The van der Waals surface area contributed by atoms with Crippen LogP contribution in [0.25, 0.3) is 0 Å². The first kappa shape index (κ1) is 24.5. The highest BCUT2D eigenvalue weighted by atomic mass is 16.5. The number of carbonyl (C=O) groups is 3. The van der Waals surface area contributed by atoms with Crippen molar-refractivity contribution >= 4 is 35.0 Å². The molecule has 2 aromatic carbocycles. The van der Waals surface area contributed by atoms with E-state index in [0.717, 1.165) is 5.56 Å². The van der Waals surface area contributed by atoms with Crippen molar-refractivity contribution in [3.05, 3.63) is 48.0 Å². The lowest BCUT2D eigenvalue weighted by Gasteiger charge is -2.36. The van der Waals surface area contributed by atoms with Gasteiger partial charge in [-0.15, -0.1) is 0 Å². The highest BCUT2D eigenvalue weighted by Gasteiger charge is 2.24. The van der Waals surface area contributed by atoms with Crippen LogP contribution in [-0.2, 0) is 9.59 Å².